The zero-order valence-electron chi connectivity index (χ0n) is 11.9. The quantitative estimate of drug-likeness (QED) is 0.846. The highest BCUT2D eigenvalue weighted by Crippen LogP contribution is 2.28. The van der Waals surface area contributed by atoms with Gasteiger partial charge in [-0.1, -0.05) is 35.3 Å². The minimum absolute atomic E-state index is 0.0685. The molecule has 5 heteroatoms. The number of methoxy groups -OCH3 is 1. The van der Waals surface area contributed by atoms with E-state index in [1.807, 2.05) is 25.1 Å². The lowest BCUT2D eigenvalue weighted by atomic mass is 10.1. The number of hydrogen-bond donors (Lipinski definition) is 2. The summed E-state index contributed by atoms with van der Waals surface area (Å²) in [5, 5.41) is 14.4. The molecule has 0 saturated heterocycles. The van der Waals surface area contributed by atoms with E-state index in [1.165, 1.54) is 7.11 Å². The van der Waals surface area contributed by atoms with E-state index >= 15 is 0 Å². The lowest BCUT2D eigenvalue weighted by Gasteiger charge is -2.16. The topological polar surface area (TPSA) is 41.5 Å². The monoisotopic (exact) mass is 325 g/mol. The highest BCUT2D eigenvalue weighted by atomic mass is 35.5. The Bertz CT molecular complexity index is 632. The summed E-state index contributed by atoms with van der Waals surface area (Å²) < 4.78 is 5.02. The SMILES string of the molecule is COc1ccc(CNC(C)c2ccc(Cl)cc2Cl)cc1O. The Labute approximate surface area is 134 Å². The molecule has 0 fully saturated rings. The molecule has 2 aromatic carbocycles. The Kier molecular flexibility index (Phi) is 5.34. The van der Waals surface area contributed by atoms with Gasteiger partial charge in [0.25, 0.3) is 0 Å². The van der Waals surface area contributed by atoms with Crippen LogP contribution in [0.15, 0.2) is 36.4 Å². The summed E-state index contributed by atoms with van der Waals surface area (Å²) in [6.45, 7) is 2.64. The predicted molar refractivity (Wildman–Crippen MR) is 86.4 cm³/mol. The summed E-state index contributed by atoms with van der Waals surface area (Å²) in [7, 11) is 1.53. The van der Waals surface area contributed by atoms with Crippen molar-refractivity contribution in [3.63, 3.8) is 0 Å². The minimum Gasteiger partial charge on any atom is -0.504 e. The molecule has 0 bridgehead atoms. The van der Waals surface area contributed by atoms with Gasteiger partial charge in [0.2, 0.25) is 0 Å². The Morgan fingerprint density at radius 3 is 2.57 bits per heavy atom. The first-order valence-electron chi connectivity index (χ1n) is 6.55. The molecule has 1 unspecified atom stereocenters. The van der Waals surface area contributed by atoms with Gasteiger partial charge in [0.15, 0.2) is 11.5 Å². The van der Waals surface area contributed by atoms with Gasteiger partial charge < -0.3 is 15.2 Å². The van der Waals surface area contributed by atoms with E-state index in [0.717, 1.165) is 11.1 Å². The largest absolute Gasteiger partial charge is 0.504 e. The van der Waals surface area contributed by atoms with Crippen LogP contribution in [-0.2, 0) is 6.54 Å². The fourth-order valence-electron chi connectivity index (χ4n) is 2.08. The van der Waals surface area contributed by atoms with Crippen LogP contribution in [0.5, 0.6) is 11.5 Å². The molecule has 0 radical (unpaired) electrons. The van der Waals surface area contributed by atoms with Gasteiger partial charge in [-0.15, -0.1) is 0 Å². The van der Waals surface area contributed by atoms with Crippen LogP contribution in [-0.4, -0.2) is 12.2 Å². The number of hydrogen-bond acceptors (Lipinski definition) is 3. The molecule has 2 rings (SSSR count). The maximum atomic E-state index is 9.76. The molecule has 0 saturated carbocycles. The number of nitrogens with one attached hydrogen (secondary N) is 1. The van der Waals surface area contributed by atoms with Crippen molar-refractivity contribution in [2.75, 3.05) is 7.11 Å². The molecular weight excluding hydrogens is 309 g/mol. The second-order valence-electron chi connectivity index (χ2n) is 4.77. The highest BCUT2D eigenvalue weighted by Gasteiger charge is 2.10. The van der Waals surface area contributed by atoms with Crippen LogP contribution in [0.2, 0.25) is 10.0 Å². The smallest absolute Gasteiger partial charge is 0.160 e. The average Bonchev–Trinajstić information content (AvgIpc) is 2.45. The molecule has 0 aliphatic rings. The van der Waals surface area contributed by atoms with E-state index in [1.54, 1.807) is 18.2 Å². The molecule has 0 heterocycles. The predicted octanol–water partition coefficient (Wildman–Crippen LogP) is 4.56. The van der Waals surface area contributed by atoms with Crippen LogP contribution in [0.1, 0.15) is 24.1 Å². The third kappa shape index (κ3) is 4.03. The van der Waals surface area contributed by atoms with Gasteiger partial charge in [-0.25, -0.2) is 0 Å². The Balaban J connectivity index is 2.03. The van der Waals surface area contributed by atoms with E-state index in [-0.39, 0.29) is 11.8 Å². The molecule has 0 amide bonds. The van der Waals surface area contributed by atoms with Crippen LogP contribution in [0.3, 0.4) is 0 Å². The van der Waals surface area contributed by atoms with Crippen molar-refractivity contribution < 1.29 is 9.84 Å². The van der Waals surface area contributed by atoms with Gasteiger partial charge in [0, 0.05) is 22.6 Å². The van der Waals surface area contributed by atoms with Gasteiger partial charge in [-0.3, -0.25) is 0 Å². The van der Waals surface area contributed by atoms with Crippen LogP contribution < -0.4 is 10.1 Å². The number of phenolic OH excluding ortho intramolecular Hbond substituents is 1. The second-order valence-corrected chi connectivity index (χ2v) is 5.62. The molecule has 1 atom stereocenters. The maximum Gasteiger partial charge on any atom is 0.160 e. The van der Waals surface area contributed by atoms with Gasteiger partial charge in [-0.05, 0) is 42.3 Å². The first-order valence-corrected chi connectivity index (χ1v) is 7.31. The summed E-state index contributed by atoms with van der Waals surface area (Å²) in [6.07, 6.45) is 0. The van der Waals surface area contributed by atoms with E-state index in [4.69, 9.17) is 27.9 Å². The number of aromatic hydroxyl groups is 1. The van der Waals surface area contributed by atoms with E-state index < -0.39 is 0 Å². The fourth-order valence-corrected chi connectivity index (χ4v) is 2.65. The summed E-state index contributed by atoms with van der Waals surface area (Å²) in [6, 6.07) is 10.9. The van der Waals surface area contributed by atoms with E-state index in [2.05, 4.69) is 5.32 Å². The molecule has 21 heavy (non-hydrogen) atoms. The van der Waals surface area contributed by atoms with Crippen molar-refractivity contribution in [2.45, 2.75) is 19.5 Å². The molecule has 3 nitrogen and oxygen atoms in total. The van der Waals surface area contributed by atoms with E-state index in [0.29, 0.717) is 22.3 Å². The van der Waals surface area contributed by atoms with Crippen molar-refractivity contribution >= 4 is 23.2 Å². The number of ether oxygens (including phenoxy) is 1. The Morgan fingerprint density at radius 2 is 1.95 bits per heavy atom. The first kappa shape index (κ1) is 16.0. The average molecular weight is 326 g/mol. The fraction of sp³-hybridized carbons (Fsp3) is 0.250. The normalized spacial score (nSPS) is 12.2. The second kappa shape index (κ2) is 7.03. The number of rotatable bonds is 5. The lowest BCUT2D eigenvalue weighted by Crippen LogP contribution is -2.18. The number of benzene rings is 2. The summed E-state index contributed by atoms with van der Waals surface area (Å²) >= 11 is 12.1. The number of phenols is 1. The van der Waals surface area contributed by atoms with Crippen molar-refractivity contribution in [3.05, 3.63) is 57.6 Å². The summed E-state index contributed by atoms with van der Waals surface area (Å²) in [5.41, 5.74) is 1.95. The third-order valence-corrected chi connectivity index (χ3v) is 3.85. The van der Waals surface area contributed by atoms with Gasteiger partial charge >= 0.3 is 0 Å². The third-order valence-electron chi connectivity index (χ3n) is 3.28. The molecule has 2 N–H and O–H groups in total. The molecular formula is C16H17Cl2NO2. The van der Waals surface area contributed by atoms with Crippen molar-refractivity contribution in [1.29, 1.82) is 0 Å². The molecule has 0 aromatic heterocycles. The first-order chi connectivity index (χ1) is 10.0. The van der Waals surface area contributed by atoms with Crippen LogP contribution in [0.4, 0.5) is 0 Å². The van der Waals surface area contributed by atoms with Crippen LogP contribution >= 0.6 is 23.2 Å². The van der Waals surface area contributed by atoms with Gasteiger partial charge in [-0.2, -0.15) is 0 Å². The highest BCUT2D eigenvalue weighted by molar-refractivity contribution is 6.35. The lowest BCUT2D eigenvalue weighted by molar-refractivity contribution is 0.373. The van der Waals surface area contributed by atoms with Gasteiger partial charge in [0.1, 0.15) is 0 Å². The summed E-state index contributed by atoms with van der Waals surface area (Å²) in [5.74, 6) is 0.599. The van der Waals surface area contributed by atoms with Crippen molar-refractivity contribution in [2.24, 2.45) is 0 Å². The number of halogens is 2. The minimum atomic E-state index is 0.0685. The molecule has 0 aliphatic heterocycles. The zero-order valence-corrected chi connectivity index (χ0v) is 13.4. The maximum absolute atomic E-state index is 9.76. The molecule has 112 valence electrons. The standard InChI is InChI=1S/C16H17Cl2NO2/c1-10(13-5-4-12(17)8-14(13)18)19-9-11-3-6-16(21-2)15(20)7-11/h3-8,10,19-20H,9H2,1-2H3. The summed E-state index contributed by atoms with van der Waals surface area (Å²) in [4.78, 5) is 0. The van der Waals surface area contributed by atoms with Crippen LogP contribution in [0.25, 0.3) is 0 Å². The molecule has 0 aliphatic carbocycles. The van der Waals surface area contributed by atoms with Crippen molar-refractivity contribution in [3.8, 4) is 11.5 Å². The Morgan fingerprint density at radius 1 is 1.19 bits per heavy atom. The zero-order chi connectivity index (χ0) is 15.4. The Hall–Kier alpha value is -1.42. The van der Waals surface area contributed by atoms with Crippen LogP contribution in [0, 0.1) is 0 Å². The van der Waals surface area contributed by atoms with E-state index in [9.17, 15) is 5.11 Å². The molecule has 2 aromatic rings. The molecule has 0 spiro atoms. The van der Waals surface area contributed by atoms with Gasteiger partial charge in [0.05, 0.1) is 7.11 Å². The van der Waals surface area contributed by atoms with Crippen molar-refractivity contribution in [1.82, 2.24) is 5.32 Å².